The van der Waals surface area contributed by atoms with Crippen LogP contribution in [0.25, 0.3) is 0 Å². The van der Waals surface area contributed by atoms with E-state index in [1.165, 1.54) is 16.4 Å². The number of halogens is 1. The SMILES string of the molecule is Cc1cc(S(=O)(=O)N2CCC(C)CC2C)cc(CN)c1F. The van der Waals surface area contributed by atoms with Crippen molar-refractivity contribution in [3.63, 3.8) is 0 Å². The zero-order valence-corrected chi connectivity index (χ0v) is 13.6. The Bertz CT molecular complexity index is 631. The van der Waals surface area contributed by atoms with Crippen molar-refractivity contribution in [3.8, 4) is 0 Å². The third kappa shape index (κ3) is 3.12. The molecule has 2 unspecified atom stereocenters. The Morgan fingerprint density at radius 2 is 2.05 bits per heavy atom. The van der Waals surface area contributed by atoms with E-state index in [4.69, 9.17) is 5.73 Å². The van der Waals surface area contributed by atoms with Crippen LogP contribution in [0, 0.1) is 18.7 Å². The third-order valence-corrected chi connectivity index (χ3v) is 6.20. The first-order valence-corrected chi connectivity index (χ1v) is 8.72. The normalized spacial score (nSPS) is 24.2. The summed E-state index contributed by atoms with van der Waals surface area (Å²) in [7, 11) is -3.60. The highest BCUT2D eigenvalue weighted by Gasteiger charge is 2.33. The summed E-state index contributed by atoms with van der Waals surface area (Å²) in [5.74, 6) is 0.109. The second-order valence-corrected chi connectivity index (χ2v) is 7.90. The van der Waals surface area contributed by atoms with Crippen LogP contribution in [0.15, 0.2) is 17.0 Å². The second-order valence-electron chi connectivity index (χ2n) is 6.01. The van der Waals surface area contributed by atoms with E-state index < -0.39 is 15.8 Å². The van der Waals surface area contributed by atoms with E-state index in [9.17, 15) is 12.8 Å². The molecule has 21 heavy (non-hydrogen) atoms. The average Bonchev–Trinajstić information content (AvgIpc) is 2.41. The zero-order chi connectivity index (χ0) is 15.8. The minimum atomic E-state index is -3.60. The quantitative estimate of drug-likeness (QED) is 0.932. The second kappa shape index (κ2) is 6.02. The monoisotopic (exact) mass is 314 g/mol. The number of nitrogens with zero attached hydrogens (tertiary/aromatic N) is 1. The number of benzene rings is 1. The van der Waals surface area contributed by atoms with E-state index in [-0.39, 0.29) is 23.0 Å². The first kappa shape index (κ1) is 16.4. The summed E-state index contributed by atoms with van der Waals surface area (Å²) in [4.78, 5) is 0.142. The molecule has 0 radical (unpaired) electrons. The average molecular weight is 314 g/mol. The number of hydrogen-bond acceptors (Lipinski definition) is 3. The Morgan fingerprint density at radius 3 is 2.62 bits per heavy atom. The van der Waals surface area contributed by atoms with E-state index in [2.05, 4.69) is 6.92 Å². The summed E-state index contributed by atoms with van der Waals surface area (Å²) in [6.45, 7) is 6.12. The van der Waals surface area contributed by atoms with Gasteiger partial charge in [-0.3, -0.25) is 0 Å². The van der Waals surface area contributed by atoms with E-state index >= 15 is 0 Å². The van der Waals surface area contributed by atoms with Crippen LogP contribution in [-0.2, 0) is 16.6 Å². The fourth-order valence-electron chi connectivity index (χ4n) is 2.98. The molecular weight excluding hydrogens is 291 g/mol. The largest absolute Gasteiger partial charge is 0.326 e. The van der Waals surface area contributed by atoms with Crippen LogP contribution in [0.2, 0.25) is 0 Å². The van der Waals surface area contributed by atoms with Gasteiger partial charge < -0.3 is 5.73 Å². The smallest absolute Gasteiger partial charge is 0.243 e. The lowest BCUT2D eigenvalue weighted by molar-refractivity contribution is 0.220. The van der Waals surface area contributed by atoms with Crippen molar-refractivity contribution < 1.29 is 12.8 Å². The maximum absolute atomic E-state index is 13.9. The van der Waals surface area contributed by atoms with Crippen molar-refractivity contribution in [2.75, 3.05) is 6.54 Å². The molecule has 1 aliphatic heterocycles. The predicted octanol–water partition coefficient (Wildman–Crippen LogP) is 2.40. The van der Waals surface area contributed by atoms with Gasteiger partial charge in [-0.1, -0.05) is 6.92 Å². The first-order valence-electron chi connectivity index (χ1n) is 7.28. The van der Waals surface area contributed by atoms with Crippen LogP contribution in [0.5, 0.6) is 0 Å². The summed E-state index contributed by atoms with van der Waals surface area (Å²) < 4.78 is 41.0. The van der Waals surface area contributed by atoms with Gasteiger partial charge in [0, 0.05) is 24.7 Å². The van der Waals surface area contributed by atoms with Gasteiger partial charge in [-0.05, 0) is 50.3 Å². The van der Waals surface area contributed by atoms with Crippen molar-refractivity contribution in [2.24, 2.45) is 11.7 Å². The lowest BCUT2D eigenvalue weighted by Gasteiger charge is -2.35. The minimum absolute atomic E-state index is 0.0113. The van der Waals surface area contributed by atoms with Crippen LogP contribution in [0.3, 0.4) is 0 Å². The standard InChI is InChI=1S/C15H23FN2O2S/c1-10-4-5-18(12(3)6-10)21(19,20)14-7-11(2)15(16)13(8-14)9-17/h7-8,10,12H,4-6,9,17H2,1-3H3. The molecule has 1 saturated heterocycles. The topological polar surface area (TPSA) is 63.4 Å². The maximum Gasteiger partial charge on any atom is 0.243 e. The first-order chi connectivity index (χ1) is 9.77. The number of nitrogens with two attached hydrogens (primary N) is 1. The van der Waals surface area contributed by atoms with Gasteiger partial charge in [0.25, 0.3) is 0 Å². The molecule has 1 aromatic rings. The predicted molar refractivity (Wildman–Crippen MR) is 80.8 cm³/mol. The van der Waals surface area contributed by atoms with Crippen molar-refractivity contribution in [2.45, 2.75) is 51.1 Å². The van der Waals surface area contributed by atoms with Crippen molar-refractivity contribution in [1.29, 1.82) is 0 Å². The van der Waals surface area contributed by atoms with Gasteiger partial charge >= 0.3 is 0 Å². The van der Waals surface area contributed by atoms with Gasteiger partial charge in [0.1, 0.15) is 5.82 Å². The number of piperidine rings is 1. The number of hydrogen-bond donors (Lipinski definition) is 1. The summed E-state index contributed by atoms with van der Waals surface area (Å²) in [5.41, 5.74) is 6.06. The van der Waals surface area contributed by atoms with E-state index in [0.717, 1.165) is 12.8 Å². The van der Waals surface area contributed by atoms with Crippen molar-refractivity contribution in [1.82, 2.24) is 4.31 Å². The zero-order valence-electron chi connectivity index (χ0n) is 12.8. The van der Waals surface area contributed by atoms with Gasteiger partial charge in [-0.25, -0.2) is 12.8 Å². The molecule has 1 heterocycles. The van der Waals surface area contributed by atoms with Crippen molar-refractivity contribution in [3.05, 3.63) is 29.1 Å². The molecule has 0 spiro atoms. The molecular formula is C15H23FN2O2S. The fourth-order valence-corrected chi connectivity index (χ4v) is 4.78. The Balaban J connectivity index is 2.42. The summed E-state index contributed by atoms with van der Waals surface area (Å²) in [5, 5.41) is 0. The van der Waals surface area contributed by atoms with Crippen LogP contribution in [0.1, 0.15) is 37.8 Å². The molecule has 6 heteroatoms. The van der Waals surface area contributed by atoms with Crippen molar-refractivity contribution >= 4 is 10.0 Å². The molecule has 0 aliphatic carbocycles. The van der Waals surface area contributed by atoms with E-state index in [1.54, 1.807) is 6.92 Å². The molecule has 2 N–H and O–H groups in total. The van der Waals surface area contributed by atoms with Gasteiger partial charge in [-0.2, -0.15) is 4.31 Å². The Hall–Kier alpha value is -0.980. The lowest BCUT2D eigenvalue weighted by atomic mass is 9.95. The van der Waals surface area contributed by atoms with Gasteiger partial charge in [-0.15, -0.1) is 0 Å². The molecule has 1 aromatic carbocycles. The lowest BCUT2D eigenvalue weighted by Crippen LogP contribution is -2.44. The number of sulfonamides is 1. The van der Waals surface area contributed by atoms with Crippen LogP contribution < -0.4 is 5.73 Å². The fraction of sp³-hybridized carbons (Fsp3) is 0.600. The highest BCUT2D eigenvalue weighted by atomic mass is 32.2. The molecule has 1 aliphatic rings. The van der Waals surface area contributed by atoms with Crippen LogP contribution in [-0.4, -0.2) is 25.3 Å². The van der Waals surface area contributed by atoms with E-state index in [1.807, 2.05) is 6.92 Å². The summed E-state index contributed by atoms with van der Waals surface area (Å²) in [6, 6.07) is 2.72. The Labute approximate surface area is 126 Å². The molecule has 2 atom stereocenters. The van der Waals surface area contributed by atoms with Gasteiger partial charge in [0.2, 0.25) is 10.0 Å². The summed E-state index contributed by atoms with van der Waals surface area (Å²) >= 11 is 0. The van der Waals surface area contributed by atoms with Gasteiger partial charge in [0.05, 0.1) is 4.90 Å². The number of rotatable bonds is 3. The summed E-state index contributed by atoms with van der Waals surface area (Å²) in [6.07, 6.45) is 1.71. The number of aryl methyl sites for hydroxylation is 1. The molecule has 0 bridgehead atoms. The molecule has 0 aromatic heterocycles. The minimum Gasteiger partial charge on any atom is -0.326 e. The van der Waals surface area contributed by atoms with E-state index in [0.29, 0.717) is 18.0 Å². The van der Waals surface area contributed by atoms with Gasteiger partial charge in [0.15, 0.2) is 0 Å². The molecule has 0 saturated carbocycles. The Morgan fingerprint density at radius 1 is 1.38 bits per heavy atom. The molecule has 2 rings (SSSR count). The maximum atomic E-state index is 13.9. The highest BCUT2D eigenvalue weighted by Crippen LogP contribution is 2.29. The molecule has 4 nitrogen and oxygen atoms in total. The molecule has 1 fully saturated rings. The Kier molecular flexibility index (Phi) is 4.70. The molecule has 118 valence electrons. The van der Waals surface area contributed by atoms with Crippen LogP contribution >= 0.6 is 0 Å². The highest BCUT2D eigenvalue weighted by molar-refractivity contribution is 7.89. The molecule has 0 amide bonds. The third-order valence-electron chi connectivity index (χ3n) is 4.21. The van der Waals surface area contributed by atoms with Crippen LogP contribution in [0.4, 0.5) is 4.39 Å².